The molecule has 0 saturated heterocycles. The predicted octanol–water partition coefficient (Wildman–Crippen LogP) is 6.91. The number of ketones is 1. The highest BCUT2D eigenvalue weighted by Crippen LogP contribution is 2.82. The van der Waals surface area contributed by atoms with Crippen molar-refractivity contribution >= 4 is 5.78 Å². The van der Waals surface area contributed by atoms with Crippen LogP contribution in [-0.4, -0.2) is 19.0 Å². The lowest BCUT2D eigenvalue weighted by Crippen LogP contribution is -2.57. The fraction of sp³-hybridized carbons (Fsp3) is 0.964. The van der Waals surface area contributed by atoms with E-state index in [-0.39, 0.29) is 0 Å². The summed E-state index contributed by atoms with van der Waals surface area (Å²) in [5, 5.41) is 0. The van der Waals surface area contributed by atoms with Crippen LogP contribution >= 0.6 is 0 Å². The number of methoxy groups -OCH3 is 1. The van der Waals surface area contributed by atoms with Gasteiger partial charge in [-0.3, -0.25) is 4.79 Å². The Balaban J connectivity index is 1.36. The Labute approximate surface area is 185 Å². The molecule has 0 bridgehead atoms. The lowest BCUT2D eigenvalue weighted by atomic mass is 9.45. The second kappa shape index (κ2) is 7.06. The van der Waals surface area contributed by atoms with Crippen molar-refractivity contribution in [3.8, 4) is 0 Å². The van der Waals surface area contributed by atoms with Gasteiger partial charge in [0.05, 0.1) is 6.10 Å². The number of hydrogen-bond acceptors (Lipinski definition) is 2. The van der Waals surface area contributed by atoms with E-state index in [0.717, 1.165) is 42.4 Å². The van der Waals surface area contributed by atoms with E-state index in [0.29, 0.717) is 40.0 Å². The van der Waals surface area contributed by atoms with Crippen LogP contribution in [0, 0.1) is 57.7 Å². The van der Waals surface area contributed by atoms with Crippen LogP contribution in [0.25, 0.3) is 0 Å². The van der Waals surface area contributed by atoms with Crippen molar-refractivity contribution in [1.29, 1.82) is 0 Å². The maximum atomic E-state index is 12.6. The summed E-state index contributed by atoms with van der Waals surface area (Å²) in [7, 11) is 2.00. The molecule has 0 aromatic rings. The molecule has 5 aliphatic carbocycles. The third-order valence-electron chi connectivity index (χ3n) is 11.8. The maximum Gasteiger partial charge on any atom is 0.133 e. The molecule has 10 atom stereocenters. The molecule has 2 nitrogen and oxygen atoms in total. The van der Waals surface area contributed by atoms with Gasteiger partial charge >= 0.3 is 0 Å². The molecule has 0 radical (unpaired) electrons. The monoisotopic (exact) mass is 414 g/mol. The Morgan fingerprint density at radius 2 is 1.77 bits per heavy atom. The van der Waals surface area contributed by atoms with Gasteiger partial charge in [-0.25, -0.2) is 0 Å². The summed E-state index contributed by atoms with van der Waals surface area (Å²) in [5.41, 5.74) is 1.50. The molecule has 170 valence electrons. The van der Waals surface area contributed by atoms with E-state index >= 15 is 0 Å². The summed E-state index contributed by atoms with van der Waals surface area (Å²) < 4.78 is 6.26. The second-order valence-corrected chi connectivity index (χ2v) is 13.3. The minimum Gasteiger partial charge on any atom is -0.381 e. The van der Waals surface area contributed by atoms with Crippen LogP contribution in [0.5, 0.6) is 0 Å². The number of rotatable bonds is 6. The number of Topliss-reactive ketones (excluding diaryl/α,β-unsaturated/α-hetero) is 1. The van der Waals surface area contributed by atoms with E-state index in [1.165, 1.54) is 51.4 Å². The van der Waals surface area contributed by atoms with Gasteiger partial charge in [-0.1, -0.05) is 34.6 Å². The summed E-state index contributed by atoms with van der Waals surface area (Å²) in [6.07, 6.45) is 13.3. The molecule has 0 heterocycles. The lowest BCUT2D eigenvalue weighted by molar-refractivity contribution is -0.161. The number of fused-ring (bicyclic) bond motifs is 4. The molecule has 5 aliphatic rings. The molecule has 1 spiro atoms. The summed E-state index contributed by atoms with van der Waals surface area (Å²) in [4.78, 5) is 12.6. The molecule has 0 aromatic carbocycles. The zero-order valence-electron chi connectivity index (χ0n) is 20.5. The van der Waals surface area contributed by atoms with Crippen molar-refractivity contribution in [2.45, 2.75) is 105 Å². The third kappa shape index (κ3) is 2.74. The molecule has 5 fully saturated rings. The lowest BCUT2D eigenvalue weighted by Gasteiger charge is -2.61. The van der Waals surface area contributed by atoms with Gasteiger partial charge in [0.25, 0.3) is 0 Å². The van der Waals surface area contributed by atoms with E-state index in [1.807, 2.05) is 7.11 Å². The second-order valence-electron chi connectivity index (χ2n) is 13.3. The number of carbonyl (C=O) groups excluding carboxylic acids is 1. The number of carbonyl (C=O) groups is 1. The molecule has 30 heavy (non-hydrogen) atoms. The Hall–Kier alpha value is -0.370. The van der Waals surface area contributed by atoms with Gasteiger partial charge < -0.3 is 4.74 Å². The number of ether oxygens (including phenoxy) is 1. The van der Waals surface area contributed by atoms with Crippen LogP contribution in [0.15, 0.2) is 0 Å². The first-order valence-corrected chi connectivity index (χ1v) is 13.2. The van der Waals surface area contributed by atoms with Crippen molar-refractivity contribution in [3.63, 3.8) is 0 Å². The van der Waals surface area contributed by atoms with E-state index in [2.05, 4.69) is 34.6 Å². The first-order valence-electron chi connectivity index (χ1n) is 13.2. The molecule has 5 saturated carbocycles. The number of hydrogen-bond donors (Lipinski definition) is 0. The third-order valence-corrected chi connectivity index (χ3v) is 11.8. The SMILES string of the molecule is CO[C@@H]1C[C@H]2[C@@H]3CC[C@H]([C@H](C)CC(=O)CC(C)C)[C@@]3(C)CC[C@@H]2[C@@]2(C)CC[C@@H]3C[C@]312. The molecule has 0 aromatic heterocycles. The summed E-state index contributed by atoms with van der Waals surface area (Å²) >= 11 is 0. The van der Waals surface area contributed by atoms with Crippen LogP contribution in [0.3, 0.4) is 0 Å². The Morgan fingerprint density at radius 1 is 1.00 bits per heavy atom. The van der Waals surface area contributed by atoms with Crippen LogP contribution < -0.4 is 0 Å². The standard InChI is InChI=1S/C28H46O2/c1-17(2)13-20(29)14-18(3)22-7-8-23-21-15-25(30-6)28-16-19(28)9-12-27(28,5)24(21)10-11-26(22,23)4/h17-19,21-25H,7-16H2,1-6H3/t18-,19-,21+,22-,23+,24+,25-,26-,27-,28+/m1/s1. The molecule has 0 unspecified atom stereocenters. The van der Waals surface area contributed by atoms with E-state index < -0.39 is 0 Å². The average Bonchev–Trinajstić information content (AvgIpc) is 3.17. The van der Waals surface area contributed by atoms with Gasteiger partial charge in [-0.2, -0.15) is 0 Å². The van der Waals surface area contributed by atoms with E-state index in [1.54, 1.807) is 0 Å². The van der Waals surface area contributed by atoms with Gasteiger partial charge in [0.1, 0.15) is 5.78 Å². The van der Waals surface area contributed by atoms with E-state index in [9.17, 15) is 4.79 Å². The van der Waals surface area contributed by atoms with Gasteiger partial charge in [0.2, 0.25) is 0 Å². The van der Waals surface area contributed by atoms with Crippen molar-refractivity contribution in [3.05, 3.63) is 0 Å². The molecule has 0 N–H and O–H groups in total. The molecular weight excluding hydrogens is 368 g/mol. The Bertz CT molecular complexity index is 699. The van der Waals surface area contributed by atoms with Crippen LogP contribution in [0.2, 0.25) is 0 Å². The van der Waals surface area contributed by atoms with Crippen molar-refractivity contribution in [2.24, 2.45) is 57.7 Å². The minimum absolute atomic E-state index is 0.444. The highest BCUT2D eigenvalue weighted by atomic mass is 16.5. The highest BCUT2D eigenvalue weighted by molar-refractivity contribution is 5.78. The van der Waals surface area contributed by atoms with Gasteiger partial charge in [-0.05, 0) is 104 Å². The van der Waals surface area contributed by atoms with Crippen LogP contribution in [-0.2, 0) is 9.53 Å². The van der Waals surface area contributed by atoms with E-state index in [4.69, 9.17) is 4.74 Å². The smallest absolute Gasteiger partial charge is 0.133 e. The highest BCUT2D eigenvalue weighted by Gasteiger charge is 2.77. The van der Waals surface area contributed by atoms with Gasteiger partial charge in [-0.15, -0.1) is 0 Å². The topological polar surface area (TPSA) is 26.3 Å². The summed E-state index contributed by atoms with van der Waals surface area (Å²) in [6, 6.07) is 0. The average molecular weight is 415 g/mol. The summed E-state index contributed by atoms with van der Waals surface area (Å²) in [6.45, 7) is 12.0. The van der Waals surface area contributed by atoms with Crippen molar-refractivity contribution in [1.82, 2.24) is 0 Å². The maximum absolute atomic E-state index is 12.6. The molecule has 0 amide bonds. The predicted molar refractivity (Wildman–Crippen MR) is 122 cm³/mol. The Kier molecular flexibility index (Phi) is 5.06. The fourth-order valence-electron chi connectivity index (χ4n) is 10.6. The van der Waals surface area contributed by atoms with Crippen LogP contribution in [0.4, 0.5) is 0 Å². The molecule has 2 heteroatoms. The van der Waals surface area contributed by atoms with Crippen molar-refractivity contribution < 1.29 is 9.53 Å². The first kappa shape index (κ1) is 21.5. The Morgan fingerprint density at radius 3 is 2.43 bits per heavy atom. The largest absolute Gasteiger partial charge is 0.381 e. The quantitative estimate of drug-likeness (QED) is 0.472. The minimum atomic E-state index is 0.444. The van der Waals surface area contributed by atoms with Crippen LogP contribution in [0.1, 0.15) is 98.8 Å². The van der Waals surface area contributed by atoms with Gasteiger partial charge in [0, 0.05) is 25.4 Å². The zero-order valence-corrected chi connectivity index (χ0v) is 20.5. The summed E-state index contributed by atoms with van der Waals surface area (Å²) in [5.74, 6) is 5.87. The van der Waals surface area contributed by atoms with Crippen molar-refractivity contribution in [2.75, 3.05) is 7.11 Å². The normalized spacial score (nSPS) is 52.4. The molecule has 5 rings (SSSR count). The first-order chi connectivity index (χ1) is 14.2. The zero-order chi connectivity index (χ0) is 21.5. The molecular formula is C28H46O2. The van der Waals surface area contributed by atoms with Gasteiger partial charge in [0.15, 0.2) is 0 Å². The molecule has 0 aliphatic heterocycles. The fourth-order valence-corrected chi connectivity index (χ4v) is 10.6.